The molecule has 80 valence electrons. The van der Waals surface area contributed by atoms with Crippen LogP contribution in [0.5, 0.6) is 0 Å². The third-order valence-electron chi connectivity index (χ3n) is 2.86. The van der Waals surface area contributed by atoms with Crippen molar-refractivity contribution in [3.05, 3.63) is 64.4 Å². The molecular weight excluding hydrogens is 212 g/mol. The summed E-state index contributed by atoms with van der Waals surface area (Å²) in [5.41, 5.74) is 1.48. The molecule has 0 bridgehead atoms. The Balaban J connectivity index is 2.75. The van der Waals surface area contributed by atoms with Gasteiger partial charge < -0.3 is 4.40 Å². The Hall–Kier alpha value is -2.60. The van der Waals surface area contributed by atoms with Crippen LogP contribution < -0.4 is 5.43 Å². The first kappa shape index (κ1) is 9.61. The number of nitrogens with zero attached hydrogens (tertiary/aromatic N) is 2. The largest absolute Gasteiger partial charge is 0.315 e. The maximum atomic E-state index is 12.1. The van der Waals surface area contributed by atoms with E-state index in [0.717, 1.165) is 5.52 Å². The van der Waals surface area contributed by atoms with Crippen LogP contribution in [0.2, 0.25) is 0 Å². The summed E-state index contributed by atoms with van der Waals surface area (Å²) in [5.74, 6) is 0. The van der Waals surface area contributed by atoms with Crippen LogP contribution in [-0.4, -0.2) is 4.40 Å². The van der Waals surface area contributed by atoms with Crippen molar-refractivity contribution in [2.45, 2.75) is 0 Å². The molecule has 1 aromatic carbocycles. The second-order valence-electron chi connectivity index (χ2n) is 3.79. The van der Waals surface area contributed by atoms with Crippen molar-refractivity contribution in [3.8, 4) is 6.07 Å². The number of pyridine rings is 2. The van der Waals surface area contributed by atoms with Crippen LogP contribution in [0.15, 0.2) is 53.5 Å². The van der Waals surface area contributed by atoms with Crippen LogP contribution in [0.25, 0.3) is 16.4 Å². The molecule has 3 heteroatoms. The van der Waals surface area contributed by atoms with E-state index in [9.17, 15) is 4.79 Å². The molecule has 2 heterocycles. The summed E-state index contributed by atoms with van der Waals surface area (Å²) in [7, 11) is 0. The summed E-state index contributed by atoms with van der Waals surface area (Å²) in [6.07, 6.45) is 1.86. The molecule has 0 fully saturated rings. The van der Waals surface area contributed by atoms with Crippen LogP contribution in [0, 0.1) is 11.3 Å². The molecule has 0 saturated carbocycles. The van der Waals surface area contributed by atoms with Crippen LogP contribution in [-0.2, 0) is 0 Å². The Morgan fingerprint density at radius 1 is 1.00 bits per heavy atom. The zero-order valence-electron chi connectivity index (χ0n) is 8.92. The lowest BCUT2D eigenvalue weighted by Crippen LogP contribution is -2.10. The Labute approximate surface area is 97.2 Å². The summed E-state index contributed by atoms with van der Waals surface area (Å²) in [5, 5.41) is 9.69. The molecule has 0 unspecified atom stereocenters. The predicted octanol–water partition coefficient (Wildman–Crippen LogP) is 2.32. The number of rotatable bonds is 0. The van der Waals surface area contributed by atoms with Gasteiger partial charge in [-0.1, -0.05) is 18.2 Å². The van der Waals surface area contributed by atoms with E-state index in [1.807, 2.05) is 40.9 Å². The van der Waals surface area contributed by atoms with E-state index in [1.54, 1.807) is 18.2 Å². The highest BCUT2D eigenvalue weighted by Gasteiger charge is 2.09. The second-order valence-corrected chi connectivity index (χ2v) is 3.79. The number of nitriles is 1. The minimum absolute atomic E-state index is 0.198. The number of benzene rings is 1. The lowest BCUT2D eigenvalue weighted by atomic mass is 10.1. The van der Waals surface area contributed by atoms with E-state index >= 15 is 0 Å². The minimum Gasteiger partial charge on any atom is -0.315 e. The lowest BCUT2D eigenvalue weighted by molar-refractivity contribution is 1.21. The zero-order valence-corrected chi connectivity index (χ0v) is 8.92. The topological polar surface area (TPSA) is 45.3 Å². The number of para-hydroxylation sites is 1. The highest BCUT2D eigenvalue weighted by Crippen LogP contribution is 2.15. The molecule has 0 N–H and O–H groups in total. The Kier molecular flexibility index (Phi) is 1.96. The van der Waals surface area contributed by atoms with Crippen LogP contribution in [0.3, 0.4) is 0 Å². The highest BCUT2D eigenvalue weighted by molar-refractivity contribution is 5.85. The Morgan fingerprint density at radius 2 is 1.71 bits per heavy atom. The van der Waals surface area contributed by atoms with Crippen LogP contribution in [0.4, 0.5) is 0 Å². The van der Waals surface area contributed by atoms with E-state index in [4.69, 9.17) is 5.26 Å². The van der Waals surface area contributed by atoms with E-state index in [0.29, 0.717) is 10.9 Å². The van der Waals surface area contributed by atoms with Gasteiger partial charge in [0.15, 0.2) is 0 Å². The van der Waals surface area contributed by atoms with Crippen molar-refractivity contribution >= 4 is 16.4 Å². The van der Waals surface area contributed by atoms with Gasteiger partial charge in [-0.2, -0.15) is 5.26 Å². The van der Waals surface area contributed by atoms with Gasteiger partial charge in [-0.3, -0.25) is 4.79 Å². The molecular formula is C14H8N2O. The predicted molar refractivity (Wildman–Crippen MR) is 65.9 cm³/mol. The van der Waals surface area contributed by atoms with Gasteiger partial charge in [-0.05, 0) is 24.3 Å². The van der Waals surface area contributed by atoms with E-state index in [2.05, 4.69) is 0 Å². The van der Waals surface area contributed by atoms with Gasteiger partial charge in [-0.15, -0.1) is 0 Å². The fraction of sp³-hybridized carbons (Fsp3) is 0. The molecule has 0 aliphatic carbocycles. The van der Waals surface area contributed by atoms with Gasteiger partial charge in [0.2, 0.25) is 5.43 Å². The normalized spacial score (nSPS) is 10.5. The third-order valence-corrected chi connectivity index (χ3v) is 2.86. The molecule has 0 saturated heterocycles. The molecule has 3 nitrogen and oxygen atoms in total. The van der Waals surface area contributed by atoms with Crippen molar-refractivity contribution in [1.29, 1.82) is 5.26 Å². The molecule has 3 rings (SSSR count). The highest BCUT2D eigenvalue weighted by atomic mass is 16.1. The van der Waals surface area contributed by atoms with Gasteiger partial charge in [0, 0.05) is 11.6 Å². The Bertz CT molecular complexity index is 825. The van der Waals surface area contributed by atoms with Crippen molar-refractivity contribution in [2.75, 3.05) is 0 Å². The second kappa shape index (κ2) is 3.46. The fourth-order valence-corrected chi connectivity index (χ4v) is 2.09. The first-order valence-corrected chi connectivity index (χ1v) is 5.25. The molecule has 0 spiro atoms. The molecule has 0 aliphatic heterocycles. The molecule has 0 atom stereocenters. The monoisotopic (exact) mass is 220 g/mol. The first-order valence-electron chi connectivity index (χ1n) is 5.25. The molecule has 2 aromatic heterocycles. The standard InChI is InChI=1S/C14H8N2O/c15-9-11-13-7-3-4-8-16(13)12-6-2-1-5-10(12)14(11)17/h1-8H. The number of fused-ring (bicyclic) bond motifs is 3. The number of hydrogen-bond donors (Lipinski definition) is 0. The summed E-state index contributed by atoms with van der Waals surface area (Å²) in [6, 6.07) is 14.8. The number of hydrogen-bond acceptors (Lipinski definition) is 2. The van der Waals surface area contributed by atoms with Gasteiger partial charge in [0.05, 0.1) is 11.0 Å². The van der Waals surface area contributed by atoms with Gasteiger partial charge in [0.25, 0.3) is 0 Å². The van der Waals surface area contributed by atoms with Crippen LogP contribution >= 0.6 is 0 Å². The van der Waals surface area contributed by atoms with E-state index < -0.39 is 0 Å². The number of aromatic nitrogens is 1. The SMILES string of the molecule is N#Cc1c(=O)c2ccccc2n2ccccc12. The maximum Gasteiger partial charge on any atom is 0.207 e. The van der Waals surface area contributed by atoms with E-state index in [1.165, 1.54) is 0 Å². The third kappa shape index (κ3) is 1.25. The van der Waals surface area contributed by atoms with Crippen LogP contribution in [0.1, 0.15) is 5.56 Å². The van der Waals surface area contributed by atoms with Gasteiger partial charge in [-0.25, -0.2) is 0 Å². The summed E-state index contributed by atoms with van der Waals surface area (Å²) in [4.78, 5) is 12.1. The van der Waals surface area contributed by atoms with Crippen molar-refractivity contribution in [2.24, 2.45) is 0 Å². The smallest absolute Gasteiger partial charge is 0.207 e. The summed E-state index contributed by atoms with van der Waals surface area (Å²) in [6.45, 7) is 0. The minimum atomic E-state index is -0.200. The van der Waals surface area contributed by atoms with Crippen molar-refractivity contribution < 1.29 is 0 Å². The van der Waals surface area contributed by atoms with Gasteiger partial charge >= 0.3 is 0 Å². The molecule has 0 aliphatic rings. The molecule has 0 radical (unpaired) electrons. The molecule has 0 amide bonds. The average molecular weight is 220 g/mol. The molecule has 3 aromatic rings. The lowest BCUT2D eigenvalue weighted by Gasteiger charge is -2.07. The van der Waals surface area contributed by atoms with E-state index in [-0.39, 0.29) is 11.0 Å². The quantitative estimate of drug-likeness (QED) is 0.546. The molecule has 17 heavy (non-hydrogen) atoms. The van der Waals surface area contributed by atoms with Gasteiger partial charge in [0.1, 0.15) is 11.6 Å². The summed E-state index contributed by atoms with van der Waals surface area (Å²) >= 11 is 0. The Morgan fingerprint density at radius 3 is 2.53 bits per heavy atom. The fourth-order valence-electron chi connectivity index (χ4n) is 2.09. The zero-order chi connectivity index (χ0) is 11.8. The van der Waals surface area contributed by atoms with Crippen molar-refractivity contribution in [1.82, 2.24) is 4.40 Å². The van der Waals surface area contributed by atoms with Crippen molar-refractivity contribution in [3.63, 3.8) is 0 Å². The summed E-state index contributed by atoms with van der Waals surface area (Å²) < 4.78 is 1.87. The maximum absolute atomic E-state index is 12.1. The first-order chi connectivity index (χ1) is 8.33. The average Bonchev–Trinajstić information content (AvgIpc) is 2.40.